The number of phosphoric acid groups is 1. The van der Waals surface area contributed by atoms with Gasteiger partial charge in [-0.15, -0.1) is 0 Å². The summed E-state index contributed by atoms with van der Waals surface area (Å²) in [5.41, 5.74) is 5.40. The average molecular weight is 1160 g/mol. The third-order valence-electron chi connectivity index (χ3n) is 16.3. The number of carbonyl (C=O) groups excluding carboxylic acids is 2. The molecule has 0 saturated heterocycles. The number of hydrogen-bond acceptors (Lipinski definition) is 8. The Morgan fingerprint density at radius 2 is 0.605 bits per heavy atom. The van der Waals surface area contributed by atoms with Crippen LogP contribution in [0.4, 0.5) is 0 Å². The number of unbranched alkanes of at least 4 members (excludes halogenated alkanes) is 52. The lowest BCUT2D eigenvalue weighted by atomic mass is 10.0. The fraction of sp³-hybridized carbons (Fsp3) is 0.915. The fourth-order valence-electron chi connectivity index (χ4n) is 11.0. The lowest BCUT2D eigenvalue weighted by Gasteiger charge is -2.19. The van der Waals surface area contributed by atoms with E-state index in [1.54, 1.807) is 0 Å². The van der Waals surface area contributed by atoms with Gasteiger partial charge >= 0.3 is 19.8 Å². The second-order valence-electron chi connectivity index (χ2n) is 24.5. The Morgan fingerprint density at radius 1 is 0.358 bits per heavy atom. The molecule has 0 radical (unpaired) electrons. The quantitative estimate of drug-likeness (QED) is 0.0264. The van der Waals surface area contributed by atoms with E-state index < -0.39 is 26.5 Å². The van der Waals surface area contributed by atoms with Crippen LogP contribution in [-0.2, 0) is 32.7 Å². The largest absolute Gasteiger partial charge is 0.472 e. The average Bonchev–Trinajstić information content (AvgIpc) is 3.46. The highest BCUT2D eigenvalue weighted by molar-refractivity contribution is 7.47. The number of rotatable bonds is 69. The smallest absolute Gasteiger partial charge is 0.462 e. The van der Waals surface area contributed by atoms with Gasteiger partial charge in [0.25, 0.3) is 0 Å². The van der Waals surface area contributed by atoms with Gasteiger partial charge < -0.3 is 20.1 Å². The first-order chi connectivity index (χ1) is 39.8. The molecule has 0 rings (SSSR count). The van der Waals surface area contributed by atoms with Crippen molar-refractivity contribution in [3.05, 3.63) is 24.3 Å². The van der Waals surface area contributed by atoms with E-state index in [0.717, 1.165) is 32.1 Å². The van der Waals surface area contributed by atoms with Crippen molar-refractivity contribution in [3.8, 4) is 0 Å². The molecule has 0 aliphatic carbocycles. The van der Waals surface area contributed by atoms with Gasteiger partial charge in [0.05, 0.1) is 13.2 Å². The minimum Gasteiger partial charge on any atom is -0.462 e. The van der Waals surface area contributed by atoms with Crippen LogP contribution < -0.4 is 5.73 Å². The minimum atomic E-state index is -4.39. The van der Waals surface area contributed by atoms with E-state index >= 15 is 0 Å². The second kappa shape index (κ2) is 67.6. The van der Waals surface area contributed by atoms with Crippen LogP contribution in [-0.4, -0.2) is 49.3 Å². The Morgan fingerprint density at radius 3 is 0.877 bits per heavy atom. The molecule has 0 aromatic carbocycles. The van der Waals surface area contributed by atoms with Crippen LogP contribution in [0.5, 0.6) is 0 Å². The first-order valence-electron chi connectivity index (χ1n) is 35.8. The summed E-state index contributed by atoms with van der Waals surface area (Å²) in [6.45, 7) is 3.81. The van der Waals surface area contributed by atoms with E-state index in [1.165, 1.54) is 321 Å². The summed E-state index contributed by atoms with van der Waals surface area (Å²) in [5.74, 6) is -0.808. The molecule has 10 heteroatoms. The molecule has 0 spiro atoms. The number of carbonyl (C=O) groups is 2. The third-order valence-corrected chi connectivity index (χ3v) is 17.3. The molecule has 0 heterocycles. The highest BCUT2D eigenvalue weighted by atomic mass is 31.2. The number of allylic oxidation sites excluding steroid dienone is 4. The van der Waals surface area contributed by atoms with Crippen molar-refractivity contribution in [2.75, 3.05) is 26.4 Å². The second-order valence-corrected chi connectivity index (χ2v) is 25.9. The number of ether oxygens (including phenoxy) is 2. The van der Waals surface area contributed by atoms with Crippen molar-refractivity contribution in [3.63, 3.8) is 0 Å². The minimum absolute atomic E-state index is 0.0562. The zero-order valence-electron chi connectivity index (χ0n) is 54.1. The van der Waals surface area contributed by atoms with E-state index in [-0.39, 0.29) is 38.6 Å². The van der Waals surface area contributed by atoms with E-state index in [2.05, 4.69) is 38.2 Å². The van der Waals surface area contributed by atoms with Gasteiger partial charge in [0, 0.05) is 19.4 Å². The maximum atomic E-state index is 12.8. The number of esters is 2. The van der Waals surface area contributed by atoms with Gasteiger partial charge in [0.2, 0.25) is 0 Å². The van der Waals surface area contributed by atoms with Gasteiger partial charge in [-0.2, -0.15) is 0 Å². The summed E-state index contributed by atoms with van der Waals surface area (Å²) in [7, 11) is -4.39. The zero-order chi connectivity index (χ0) is 58.7. The van der Waals surface area contributed by atoms with E-state index in [4.69, 9.17) is 24.3 Å². The molecule has 81 heavy (non-hydrogen) atoms. The predicted molar refractivity (Wildman–Crippen MR) is 349 cm³/mol. The summed E-state index contributed by atoms with van der Waals surface area (Å²) in [6, 6.07) is 0. The summed E-state index contributed by atoms with van der Waals surface area (Å²) in [5, 5.41) is 0. The Labute approximate surface area is 503 Å². The zero-order valence-corrected chi connectivity index (χ0v) is 55.0. The molecule has 0 saturated carbocycles. The Kier molecular flexibility index (Phi) is 66.4. The van der Waals surface area contributed by atoms with Gasteiger partial charge in [-0.25, -0.2) is 4.57 Å². The molecule has 0 aromatic heterocycles. The molecule has 9 nitrogen and oxygen atoms in total. The number of phosphoric ester groups is 1. The summed E-state index contributed by atoms with van der Waals surface area (Å²) >= 11 is 0. The van der Waals surface area contributed by atoms with E-state index in [9.17, 15) is 19.0 Å². The van der Waals surface area contributed by atoms with Crippen LogP contribution in [0.25, 0.3) is 0 Å². The Balaban J connectivity index is 3.75. The number of hydrogen-bond donors (Lipinski definition) is 2. The summed E-state index contributed by atoms with van der Waals surface area (Å²) in [4.78, 5) is 35.3. The van der Waals surface area contributed by atoms with Gasteiger partial charge in [0.1, 0.15) is 6.61 Å². The highest BCUT2D eigenvalue weighted by Crippen LogP contribution is 2.43. The van der Waals surface area contributed by atoms with Crippen LogP contribution in [0.15, 0.2) is 24.3 Å². The number of nitrogens with two attached hydrogens (primary N) is 1. The molecule has 0 bridgehead atoms. The molecule has 0 amide bonds. The molecule has 0 aliphatic heterocycles. The Bertz CT molecular complexity index is 1380. The molecule has 2 unspecified atom stereocenters. The summed E-state index contributed by atoms with van der Waals surface area (Å²) in [6.07, 6.45) is 83.0. The topological polar surface area (TPSA) is 134 Å². The van der Waals surface area contributed by atoms with Crippen molar-refractivity contribution in [2.24, 2.45) is 5.73 Å². The van der Waals surface area contributed by atoms with Crippen molar-refractivity contribution in [2.45, 2.75) is 392 Å². The SMILES string of the molecule is CCCCCCCCCC/C=C\CCCCCCCCCCCCCCCCCCCCCCCCCCCCCC(=O)OC(COC(=O)CCCCCCCCCCC/C=C\CCCCCCCCCC)COP(=O)(O)OCCN. The van der Waals surface area contributed by atoms with Gasteiger partial charge in [-0.1, -0.05) is 334 Å². The van der Waals surface area contributed by atoms with Crippen LogP contribution in [0.2, 0.25) is 0 Å². The molecule has 0 aliphatic rings. The molecule has 3 N–H and O–H groups in total. The summed E-state index contributed by atoms with van der Waals surface area (Å²) < 4.78 is 33.2. The molecule has 0 aromatic rings. The highest BCUT2D eigenvalue weighted by Gasteiger charge is 2.26. The maximum Gasteiger partial charge on any atom is 0.472 e. The van der Waals surface area contributed by atoms with Gasteiger partial charge in [0.15, 0.2) is 6.10 Å². The first kappa shape index (κ1) is 79.5. The lowest BCUT2D eigenvalue weighted by Crippen LogP contribution is -2.29. The molecule has 0 fully saturated rings. The molecule has 480 valence electrons. The van der Waals surface area contributed by atoms with E-state index in [1.807, 2.05) is 0 Å². The lowest BCUT2D eigenvalue weighted by molar-refractivity contribution is -0.161. The molecular formula is C71H138NO8P. The fourth-order valence-corrected chi connectivity index (χ4v) is 11.8. The molecular weight excluding hydrogens is 1030 g/mol. The maximum absolute atomic E-state index is 12.8. The van der Waals surface area contributed by atoms with Crippen molar-refractivity contribution < 1.29 is 37.6 Å². The van der Waals surface area contributed by atoms with Crippen molar-refractivity contribution >= 4 is 19.8 Å². The van der Waals surface area contributed by atoms with Crippen LogP contribution in [0.1, 0.15) is 386 Å². The Hall–Kier alpha value is -1.51. The van der Waals surface area contributed by atoms with Gasteiger partial charge in [-0.05, 0) is 64.2 Å². The van der Waals surface area contributed by atoms with Crippen molar-refractivity contribution in [1.29, 1.82) is 0 Å². The first-order valence-corrected chi connectivity index (χ1v) is 37.3. The van der Waals surface area contributed by atoms with Crippen LogP contribution >= 0.6 is 7.82 Å². The normalized spacial score (nSPS) is 13.0. The standard InChI is InChI=1S/C71H138NO8P/c1-3-5-7-9-11-13-15-17-19-21-23-25-26-27-28-29-30-31-32-33-34-35-36-37-38-39-40-41-42-44-46-48-50-52-54-56-58-60-62-64-71(74)80-69(68-79-81(75,76)78-66-65-72)67-77-70(73)63-61-59-57-55-53-51-49-47-45-43-24-22-20-18-16-14-12-10-8-6-4-2/h21-24,69H,3-20,25-68,72H2,1-2H3,(H,75,76)/b23-21-,24-22-. The predicted octanol–water partition coefficient (Wildman–Crippen LogP) is 23.3. The monoisotopic (exact) mass is 1160 g/mol. The van der Waals surface area contributed by atoms with Crippen LogP contribution in [0.3, 0.4) is 0 Å². The van der Waals surface area contributed by atoms with Crippen LogP contribution in [0, 0.1) is 0 Å². The molecule has 2 atom stereocenters. The van der Waals surface area contributed by atoms with Crippen molar-refractivity contribution in [1.82, 2.24) is 0 Å². The van der Waals surface area contributed by atoms with Gasteiger partial charge in [-0.3, -0.25) is 18.6 Å². The third kappa shape index (κ3) is 67.5. The van der Waals surface area contributed by atoms with E-state index in [0.29, 0.717) is 6.42 Å².